The molecule has 0 saturated carbocycles. The summed E-state index contributed by atoms with van der Waals surface area (Å²) in [4.78, 5) is 10.2. The SMILES string of the molecule is C=Cc1c(-c2ccc3ccccc3c2)nc(-c2ccc(C(C)=N)cc2)nc1-c1ccc2ccccc2c1C. The Kier molecular flexibility index (Phi) is 5.89. The lowest BCUT2D eigenvalue weighted by Crippen LogP contribution is -2.02. The smallest absolute Gasteiger partial charge is 0.160 e. The van der Waals surface area contributed by atoms with Gasteiger partial charge in [-0.3, -0.25) is 0 Å². The zero-order valence-corrected chi connectivity index (χ0v) is 21.5. The van der Waals surface area contributed by atoms with Gasteiger partial charge in [0.2, 0.25) is 0 Å². The molecule has 3 heteroatoms. The van der Waals surface area contributed by atoms with Crippen molar-refractivity contribution in [1.82, 2.24) is 9.97 Å². The molecule has 1 heterocycles. The van der Waals surface area contributed by atoms with E-state index in [-0.39, 0.29) is 0 Å². The number of nitrogens with one attached hydrogen (secondary N) is 1. The van der Waals surface area contributed by atoms with Gasteiger partial charge in [0.05, 0.1) is 11.4 Å². The minimum Gasteiger partial charge on any atom is -0.305 e. The molecule has 0 fully saturated rings. The Morgan fingerprint density at radius 1 is 0.711 bits per heavy atom. The van der Waals surface area contributed by atoms with Crippen LogP contribution in [0.25, 0.3) is 61.5 Å². The molecule has 182 valence electrons. The van der Waals surface area contributed by atoms with Gasteiger partial charge in [0.1, 0.15) is 0 Å². The van der Waals surface area contributed by atoms with Crippen LogP contribution in [0, 0.1) is 12.3 Å². The van der Waals surface area contributed by atoms with Gasteiger partial charge >= 0.3 is 0 Å². The molecule has 1 aromatic heterocycles. The van der Waals surface area contributed by atoms with Crippen molar-refractivity contribution in [2.45, 2.75) is 13.8 Å². The Morgan fingerprint density at radius 2 is 1.34 bits per heavy atom. The zero-order chi connectivity index (χ0) is 26.2. The van der Waals surface area contributed by atoms with E-state index in [1.165, 1.54) is 21.7 Å². The Bertz CT molecular complexity index is 1860. The van der Waals surface area contributed by atoms with Crippen molar-refractivity contribution in [3.63, 3.8) is 0 Å². The summed E-state index contributed by atoms with van der Waals surface area (Å²) >= 11 is 0. The first-order chi connectivity index (χ1) is 18.5. The average molecular weight is 490 g/mol. The summed E-state index contributed by atoms with van der Waals surface area (Å²) in [5.41, 5.74) is 8.22. The van der Waals surface area contributed by atoms with Crippen molar-refractivity contribution >= 4 is 33.3 Å². The molecule has 0 atom stereocenters. The number of hydrogen-bond donors (Lipinski definition) is 1. The van der Waals surface area contributed by atoms with Gasteiger partial charge in [0.15, 0.2) is 5.82 Å². The molecule has 0 aliphatic heterocycles. The maximum absolute atomic E-state index is 7.97. The monoisotopic (exact) mass is 489 g/mol. The molecule has 0 amide bonds. The van der Waals surface area contributed by atoms with Crippen LogP contribution in [0.4, 0.5) is 0 Å². The lowest BCUT2D eigenvalue weighted by Gasteiger charge is -2.17. The summed E-state index contributed by atoms with van der Waals surface area (Å²) < 4.78 is 0. The van der Waals surface area contributed by atoms with Gasteiger partial charge in [-0.1, -0.05) is 110 Å². The average Bonchev–Trinajstić information content (AvgIpc) is 2.96. The predicted molar refractivity (Wildman–Crippen MR) is 161 cm³/mol. The number of rotatable bonds is 5. The zero-order valence-electron chi connectivity index (χ0n) is 21.5. The Labute approximate surface area is 222 Å². The lowest BCUT2D eigenvalue weighted by molar-refractivity contribution is 1.17. The second kappa shape index (κ2) is 9.53. The molecule has 0 unspecified atom stereocenters. The summed E-state index contributed by atoms with van der Waals surface area (Å²) in [6.45, 7) is 8.14. The van der Waals surface area contributed by atoms with Gasteiger partial charge < -0.3 is 5.41 Å². The first-order valence-corrected chi connectivity index (χ1v) is 12.7. The van der Waals surface area contributed by atoms with Crippen LogP contribution >= 0.6 is 0 Å². The molecule has 0 aliphatic rings. The predicted octanol–water partition coefficient (Wildman–Crippen LogP) is 9.12. The molecule has 6 rings (SSSR count). The number of fused-ring (bicyclic) bond motifs is 2. The molecule has 0 bridgehead atoms. The van der Waals surface area contributed by atoms with Gasteiger partial charge in [-0.15, -0.1) is 0 Å². The Balaban J connectivity index is 1.64. The van der Waals surface area contributed by atoms with Crippen LogP contribution in [0.1, 0.15) is 23.6 Å². The largest absolute Gasteiger partial charge is 0.305 e. The maximum Gasteiger partial charge on any atom is 0.160 e. The highest BCUT2D eigenvalue weighted by Gasteiger charge is 2.19. The number of nitrogens with zero attached hydrogens (tertiary/aromatic N) is 2. The minimum absolute atomic E-state index is 0.531. The maximum atomic E-state index is 7.97. The van der Waals surface area contributed by atoms with Crippen LogP contribution in [0.3, 0.4) is 0 Å². The third kappa shape index (κ3) is 4.08. The van der Waals surface area contributed by atoms with E-state index in [1.54, 1.807) is 6.92 Å². The van der Waals surface area contributed by atoms with Crippen LogP contribution in [-0.4, -0.2) is 15.7 Å². The van der Waals surface area contributed by atoms with E-state index in [0.29, 0.717) is 11.5 Å². The van der Waals surface area contributed by atoms with Gasteiger partial charge in [-0.2, -0.15) is 0 Å². The van der Waals surface area contributed by atoms with Gasteiger partial charge in [-0.25, -0.2) is 9.97 Å². The minimum atomic E-state index is 0.531. The summed E-state index contributed by atoms with van der Waals surface area (Å²) in [6, 6.07) is 35.5. The van der Waals surface area contributed by atoms with Crippen molar-refractivity contribution in [2.24, 2.45) is 0 Å². The van der Waals surface area contributed by atoms with Crippen molar-refractivity contribution in [2.75, 3.05) is 0 Å². The van der Waals surface area contributed by atoms with E-state index in [2.05, 4.69) is 92.4 Å². The first kappa shape index (κ1) is 23.5. The highest BCUT2D eigenvalue weighted by Crippen LogP contribution is 2.37. The third-order valence-electron chi connectivity index (χ3n) is 7.20. The molecular weight excluding hydrogens is 462 g/mol. The number of aromatic nitrogens is 2. The Morgan fingerprint density at radius 3 is 2.08 bits per heavy atom. The highest BCUT2D eigenvalue weighted by molar-refractivity contribution is 5.97. The van der Waals surface area contributed by atoms with E-state index in [9.17, 15) is 0 Å². The fraction of sp³-hybridized carbons (Fsp3) is 0.0571. The van der Waals surface area contributed by atoms with E-state index in [0.717, 1.165) is 44.6 Å². The second-order valence-electron chi connectivity index (χ2n) is 9.59. The van der Waals surface area contributed by atoms with Crippen molar-refractivity contribution < 1.29 is 0 Å². The van der Waals surface area contributed by atoms with Crippen molar-refractivity contribution in [1.29, 1.82) is 5.41 Å². The first-order valence-electron chi connectivity index (χ1n) is 12.7. The second-order valence-corrected chi connectivity index (χ2v) is 9.59. The molecule has 0 aliphatic carbocycles. The van der Waals surface area contributed by atoms with Crippen LogP contribution in [0.5, 0.6) is 0 Å². The standard InChI is InChI=1S/C35H27N3/c1-4-30-33(29-18-15-25-9-5-6-11-28(25)21-29)37-35(27-16-13-24(14-17-27)23(3)36)38-34(30)32-20-19-26-10-7-8-12-31(26)22(32)2/h4-21,36H,1H2,2-3H3. The molecule has 0 saturated heterocycles. The van der Waals surface area contributed by atoms with Crippen molar-refractivity contribution in [3.05, 3.63) is 126 Å². The Hall–Kier alpha value is -4.89. The summed E-state index contributed by atoms with van der Waals surface area (Å²) in [7, 11) is 0. The quantitative estimate of drug-likeness (QED) is 0.245. The highest BCUT2D eigenvalue weighted by atomic mass is 14.9. The molecule has 5 aromatic carbocycles. The number of aryl methyl sites for hydroxylation is 1. The number of hydrogen-bond acceptors (Lipinski definition) is 3. The molecule has 3 nitrogen and oxygen atoms in total. The van der Waals surface area contributed by atoms with Gasteiger partial charge in [0, 0.05) is 28.0 Å². The number of benzene rings is 5. The summed E-state index contributed by atoms with van der Waals surface area (Å²) in [5, 5.41) is 12.7. The molecule has 0 spiro atoms. The summed E-state index contributed by atoms with van der Waals surface area (Å²) in [6.07, 6.45) is 1.87. The van der Waals surface area contributed by atoms with Crippen LogP contribution in [-0.2, 0) is 0 Å². The fourth-order valence-electron chi connectivity index (χ4n) is 5.11. The summed E-state index contributed by atoms with van der Waals surface area (Å²) in [5.74, 6) is 0.649. The lowest BCUT2D eigenvalue weighted by atomic mass is 9.93. The van der Waals surface area contributed by atoms with Gasteiger partial charge in [0.25, 0.3) is 0 Å². The molecule has 6 aromatic rings. The fourth-order valence-corrected chi connectivity index (χ4v) is 5.11. The van der Waals surface area contributed by atoms with Crippen LogP contribution in [0.15, 0.2) is 110 Å². The molecule has 1 N–H and O–H groups in total. The normalized spacial score (nSPS) is 11.1. The molecular formula is C35H27N3. The van der Waals surface area contributed by atoms with Crippen LogP contribution < -0.4 is 0 Å². The van der Waals surface area contributed by atoms with E-state index in [4.69, 9.17) is 15.4 Å². The van der Waals surface area contributed by atoms with E-state index in [1.807, 2.05) is 30.3 Å². The van der Waals surface area contributed by atoms with E-state index >= 15 is 0 Å². The topological polar surface area (TPSA) is 49.6 Å². The van der Waals surface area contributed by atoms with E-state index < -0.39 is 0 Å². The third-order valence-corrected chi connectivity index (χ3v) is 7.20. The van der Waals surface area contributed by atoms with Crippen LogP contribution in [0.2, 0.25) is 0 Å². The molecule has 38 heavy (non-hydrogen) atoms. The van der Waals surface area contributed by atoms with Gasteiger partial charge in [-0.05, 0) is 52.6 Å². The molecule has 0 radical (unpaired) electrons. The van der Waals surface area contributed by atoms with Crippen molar-refractivity contribution in [3.8, 4) is 33.9 Å².